The zero-order valence-electron chi connectivity index (χ0n) is 19.0. The Bertz CT molecular complexity index is 545. The van der Waals surface area contributed by atoms with Crippen LogP contribution in [0.5, 0.6) is 0 Å². The molecule has 9 unspecified atom stereocenters. The zero-order chi connectivity index (χ0) is 20.1. The molecule has 0 aliphatic heterocycles. The van der Waals surface area contributed by atoms with Gasteiger partial charge in [-0.15, -0.1) is 0 Å². The van der Waals surface area contributed by atoms with Gasteiger partial charge in [-0.2, -0.15) is 0 Å². The van der Waals surface area contributed by atoms with Gasteiger partial charge in [0.25, 0.3) is 0 Å². The van der Waals surface area contributed by atoms with Gasteiger partial charge in [0.15, 0.2) is 0 Å². The Balaban J connectivity index is 1.45. The summed E-state index contributed by atoms with van der Waals surface area (Å²) in [5, 5.41) is 20.9. The highest BCUT2D eigenvalue weighted by atomic mass is 16.3. The monoisotopic (exact) mass is 390 g/mol. The third-order valence-electron chi connectivity index (χ3n) is 10.5. The van der Waals surface area contributed by atoms with Gasteiger partial charge in [-0.1, -0.05) is 27.7 Å². The largest absolute Gasteiger partial charge is 0.393 e. The summed E-state index contributed by atoms with van der Waals surface area (Å²) in [4.78, 5) is 0. The van der Waals surface area contributed by atoms with Crippen LogP contribution < -0.4 is 0 Å². The van der Waals surface area contributed by atoms with Crippen molar-refractivity contribution < 1.29 is 10.2 Å². The van der Waals surface area contributed by atoms with E-state index >= 15 is 0 Å². The lowest BCUT2D eigenvalue weighted by molar-refractivity contribution is -0.128. The SMILES string of the molecule is CC(C)CCC(O)CC1CCC2C3CCC4CC(O)CCC4(C)C3CCC12C. The second-order valence-corrected chi connectivity index (χ2v) is 12.3. The minimum atomic E-state index is -0.0891. The summed E-state index contributed by atoms with van der Waals surface area (Å²) in [5.74, 6) is 4.88. The highest BCUT2D eigenvalue weighted by Crippen LogP contribution is 2.67. The summed E-state index contributed by atoms with van der Waals surface area (Å²) in [6, 6.07) is 0. The minimum Gasteiger partial charge on any atom is -0.393 e. The molecular weight excluding hydrogens is 344 g/mol. The van der Waals surface area contributed by atoms with Gasteiger partial charge < -0.3 is 10.2 Å². The third-order valence-corrected chi connectivity index (χ3v) is 10.5. The molecule has 2 heteroatoms. The van der Waals surface area contributed by atoms with Crippen LogP contribution in [0.25, 0.3) is 0 Å². The van der Waals surface area contributed by atoms with Crippen LogP contribution in [0.4, 0.5) is 0 Å². The van der Waals surface area contributed by atoms with Gasteiger partial charge in [0.05, 0.1) is 12.2 Å². The lowest BCUT2D eigenvalue weighted by Crippen LogP contribution is -2.54. The molecule has 0 heterocycles. The minimum absolute atomic E-state index is 0.0355. The van der Waals surface area contributed by atoms with Crippen LogP contribution in [0, 0.1) is 46.3 Å². The van der Waals surface area contributed by atoms with Crippen molar-refractivity contribution in [2.45, 2.75) is 117 Å². The van der Waals surface area contributed by atoms with E-state index in [0.717, 1.165) is 61.7 Å². The fourth-order valence-electron chi connectivity index (χ4n) is 8.70. The third kappa shape index (κ3) is 3.59. The average molecular weight is 391 g/mol. The average Bonchev–Trinajstić information content (AvgIpc) is 2.97. The fraction of sp³-hybridized carbons (Fsp3) is 1.00. The van der Waals surface area contributed by atoms with Crippen molar-refractivity contribution in [3.63, 3.8) is 0 Å². The number of rotatable bonds is 5. The first-order valence-corrected chi connectivity index (χ1v) is 12.6. The molecule has 4 saturated carbocycles. The summed E-state index contributed by atoms with van der Waals surface area (Å²) in [5.41, 5.74) is 0.954. The van der Waals surface area contributed by atoms with Crippen LogP contribution >= 0.6 is 0 Å². The van der Waals surface area contributed by atoms with Crippen LogP contribution in [0.1, 0.15) is 105 Å². The highest BCUT2D eigenvalue weighted by Gasteiger charge is 2.60. The summed E-state index contributed by atoms with van der Waals surface area (Å²) >= 11 is 0. The molecule has 4 aliphatic carbocycles. The number of hydrogen-bond acceptors (Lipinski definition) is 2. The van der Waals surface area contributed by atoms with Crippen molar-refractivity contribution in [2.75, 3.05) is 0 Å². The number of aliphatic hydroxyl groups excluding tert-OH is 2. The molecule has 0 radical (unpaired) electrons. The summed E-state index contributed by atoms with van der Waals surface area (Å²) in [7, 11) is 0. The maximum Gasteiger partial charge on any atom is 0.0543 e. The molecule has 0 saturated heterocycles. The quantitative estimate of drug-likeness (QED) is 0.587. The van der Waals surface area contributed by atoms with Crippen LogP contribution in [-0.2, 0) is 0 Å². The number of fused-ring (bicyclic) bond motifs is 5. The summed E-state index contributed by atoms with van der Waals surface area (Å²) in [6.07, 6.45) is 14.7. The molecule has 0 aromatic heterocycles. The molecule has 9 atom stereocenters. The molecule has 2 nitrogen and oxygen atoms in total. The van der Waals surface area contributed by atoms with E-state index in [-0.39, 0.29) is 12.2 Å². The molecule has 2 N–H and O–H groups in total. The van der Waals surface area contributed by atoms with Gasteiger partial charge in [-0.3, -0.25) is 0 Å². The Morgan fingerprint density at radius 3 is 2.32 bits per heavy atom. The van der Waals surface area contributed by atoms with E-state index in [1.165, 1.54) is 44.9 Å². The van der Waals surface area contributed by atoms with Crippen molar-refractivity contribution >= 4 is 0 Å². The molecule has 0 bridgehead atoms. The van der Waals surface area contributed by atoms with E-state index in [1.54, 1.807) is 0 Å². The van der Waals surface area contributed by atoms with E-state index in [0.29, 0.717) is 16.7 Å². The second-order valence-electron chi connectivity index (χ2n) is 12.3. The van der Waals surface area contributed by atoms with Crippen molar-refractivity contribution in [1.82, 2.24) is 0 Å². The summed E-state index contributed by atoms with van der Waals surface area (Å²) in [6.45, 7) is 9.72. The molecule has 4 fully saturated rings. The van der Waals surface area contributed by atoms with Gasteiger partial charge in [0, 0.05) is 0 Å². The molecule has 4 aliphatic rings. The van der Waals surface area contributed by atoms with Crippen LogP contribution in [-0.4, -0.2) is 22.4 Å². The molecule has 0 amide bonds. The number of aliphatic hydroxyl groups is 2. The van der Waals surface area contributed by atoms with Gasteiger partial charge in [-0.05, 0) is 123 Å². The zero-order valence-corrected chi connectivity index (χ0v) is 19.0. The standard InChI is InChI=1S/C26H46O2/c1-17(2)5-8-20(27)15-19-7-10-23-22-9-6-18-16-21(28)11-13-25(18,3)24(22)12-14-26(19,23)4/h17-24,27-28H,5-16H2,1-4H3. The Labute approximate surface area is 173 Å². The first-order valence-electron chi connectivity index (χ1n) is 12.6. The van der Waals surface area contributed by atoms with Gasteiger partial charge in [0.2, 0.25) is 0 Å². The lowest BCUT2D eigenvalue weighted by atomic mass is 9.44. The van der Waals surface area contributed by atoms with Gasteiger partial charge in [0.1, 0.15) is 0 Å². The van der Waals surface area contributed by atoms with Gasteiger partial charge in [-0.25, -0.2) is 0 Å². The molecule has 28 heavy (non-hydrogen) atoms. The van der Waals surface area contributed by atoms with Crippen LogP contribution in [0.2, 0.25) is 0 Å². The molecule has 0 aromatic rings. The Kier molecular flexibility index (Phi) is 5.95. The Hall–Kier alpha value is -0.0800. The smallest absolute Gasteiger partial charge is 0.0543 e. The van der Waals surface area contributed by atoms with E-state index in [1.807, 2.05) is 0 Å². The highest BCUT2D eigenvalue weighted by molar-refractivity contribution is 5.09. The molecule has 4 rings (SSSR count). The van der Waals surface area contributed by atoms with Crippen LogP contribution in [0.3, 0.4) is 0 Å². The van der Waals surface area contributed by atoms with E-state index in [2.05, 4.69) is 27.7 Å². The van der Waals surface area contributed by atoms with Gasteiger partial charge >= 0.3 is 0 Å². The molecule has 0 spiro atoms. The molecule has 162 valence electrons. The first-order chi connectivity index (χ1) is 13.2. The predicted octanol–water partition coefficient (Wildman–Crippen LogP) is 6.19. The van der Waals surface area contributed by atoms with E-state index < -0.39 is 0 Å². The van der Waals surface area contributed by atoms with Crippen molar-refractivity contribution in [3.05, 3.63) is 0 Å². The predicted molar refractivity (Wildman–Crippen MR) is 116 cm³/mol. The molecular formula is C26H46O2. The van der Waals surface area contributed by atoms with E-state index in [4.69, 9.17) is 0 Å². The second kappa shape index (κ2) is 7.88. The van der Waals surface area contributed by atoms with Crippen LogP contribution in [0.15, 0.2) is 0 Å². The summed E-state index contributed by atoms with van der Waals surface area (Å²) < 4.78 is 0. The maximum atomic E-state index is 10.7. The first kappa shape index (κ1) is 21.2. The Morgan fingerprint density at radius 1 is 0.857 bits per heavy atom. The molecule has 0 aromatic carbocycles. The topological polar surface area (TPSA) is 40.5 Å². The lowest BCUT2D eigenvalue weighted by Gasteiger charge is -2.61. The maximum absolute atomic E-state index is 10.7. The number of hydrogen-bond donors (Lipinski definition) is 2. The van der Waals surface area contributed by atoms with Crippen molar-refractivity contribution in [2.24, 2.45) is 46.3 Å². The fourth-order valence-corrected chi connectivity index (χ4v) is 8.70. The van der Waals surface area contributed by atoms with E-state index in [9.17, 15) is 10.2 Å². The Morgan fingerprint density at radius 2 is 1.57 bits per heavy atom. The normalized spacial score (nSPS) is 49.4. The van der Waals surface area contributed by atoms with Crippen molar-refractivity contribution in [3.8, 4) is 0 Å². The van der Waals surface area contributed by atoms with Crippen molar-refractivity contribution in [1.29, 1.82) is 0 Å².